The number of rotatable bonds is 5. The van der Waals surface area contributed by atoms with Gasteiger partial charge in [-0.25, -0.2) is 8.42 Å². The van der Waals surface area contributed by atoms with Gasteiger partial charge in [0.25, 0.3) is 0 Å². The van der Waals surface area contributed by atoms with Gasteiger partial charge in [-0.15, -0.1) is 0 Å². The van der Waals surface area contributed by atoms with E-state index >= 15 is 0 Å². The molecule has 0 fully saturated rings. The smallest absolute Gasteiger partial charge is 0.182 e. The summed E-state index contributed by atoms with van der Waals surface area (Å²) in [6.07, 6.45) is 0.565. The Morgan fingerprint density at radius 1 is 1.23 bits per heavy atom. The lowest BCUT2D eigenvalue weighted by molar-refractivity contribution is 0.594. The zero-order chi connectivity index (χ0) is 16.5. The van der Waals surface area contributed by atoms with Crippen molar-refractivity contribution in [3.05, 3.63) is 46.1 Å². The largest absolute Gasteiger partial charge is 0.384 e. The minimum Gasteiger partial charge on any atom is -0.384 e. The van der Waals surface area contributed by atoms with Gasteiger partial charge in [0, 0.05) is 10.7 Å². The number of halogens is 1. The lowest BCUT2D eigenvalue weighted by Crippen LogP contribution is -2.11. The number of sulfone groups is 1. The quantitative estimate of drug-likeness (QED) is 0.904. The molecule has 0 amide bonds. The molecule has 22 heavy (non-hydrogen) atoms. The summed E-state index contributed by atoms with van der Waals surface area (Å²) in [6, 6.07) is 7.49. The second-order valence-corrected chi connectivity index (χ2v) is 7.87. The molecule has 0 saturated heterocycles. The first kappa shape index (κ1) is 16.9. The molecule has 4 nitrogen and oxygen atoms in total. The number of hydrogen-bond acceptors (Lipinski definition) is 3. The molecule has 0 radical (unpaired) electrons. The van der Waals surface area contributed by atoms with Crippen molar-refractivity contribution in [2.24, 2.45) is 0 Å². The van der Waals surface area contributed by atoms with Gasteiger partial charge in [-0.2, -0.15) is 0 Å². The van der Waals surface area contributed by atoms with Crippen LogP contribution in [0, 0.1) is 13.8 Å². The average Bonchev–Trinajstić information content (AvgIpc) is 2.65. The summed E-state index contributed by atoms with van der Waals surface area (Å²) in [5.74, 6) is 0.400. The van der Waals surface area contributed by atoms with Crippen molar-refractivity contribution in [2.45, 2.75) is 38.6 Å². The normalized spacial score (nSPS) is 11.8. The number of benzene rings is 1. The van der Waals surface area contributed by atoms with Crippen LogP contribution < -0.4 is 5.73 Å². The summed E-state index contributed by atoms with van der Waals surface area (Å²) >= 11 is 6.19. The van der Waals surface area contributed by atoms with Crippen molar-refractivity contribution in [1.82, 2.24) is 4.57 Å². The summed E-state index contributed by atoms with van der Waals surface area (Å²) in [5.41, 5.74) is 8.64. The van der Waals surface area contributed by atoms with Crippen molar-refractivity contribution in [3.8, 4) is 0 Å². The van der Waals surface area contributed by atoms with E-state index in [9.17, 15) is 8.42 Å². The van der Waals surface area contributed by atoms with E-state index in [0.29, 0.717) is 23.8 Å². The molecule has 0 unspecified atom stereocenters. The Kier molecular flexibility index (Phi) is 4.87. The Hall–Kier alpha value is -1.46. The fourth-order valence-corrected chi connectivity index (χ4v) is 4.61. The second-order valence-electron chi connectivity index (χ2n) is 5.42. The van der Waals surface area contributed by atoms with Gasteiger partial charge >= 0.3 is 0 Å². The Bertz CT molecular complexity index is 795. The van der Waals surface area contributed by atoms with Crippen LogP contribution in [-0.4, -0.2) is 18.7 Å². The summed E-state index contributed by atoms with van der Waals surface area (Å²) in [7, 11) is -3.35. The minimum atomic E-state index is -3.35. The van der Waals surface area contributed by atoms with Gasteiger partial charge in [0.1, 0.15) is 10.7 Å². The molecular formula is C16H21ClN2O2S. The van der Waals surface area contributed by atoms with Crippen LogP contribution >= 0.6 is 11.6 Å². The highest BCUT2D eigenvalue weighted by molar-refractivity contribution is 7.91. The third-order valence-corrected chi connectivity index (χ3v) is 6.33. The molecule has 2 N–H and O–H groups in total. The van der Waals surface area contributed by atoms with Crippen LogP contribution in [0.5, 0.6) is 0 Å². The van der Waals surface area contributed by atoms with E-state index in [4.69, 9.17) is 17.3 Å². The maximum Gasteiger partial charge on any atom is 0.182 e. The van der Waals surface area contributed by atoms with E-state index in [-0.39, 0.29) is 10.6 Å². The third-order valence-electron chi connectivity index (χ3n) is 3.88. The van der Waals surface area contributed by atoms with Gasteiger partial charge in [0.15, 0.2) is 9.84 Å². The third kappa shape index (κ3) is 3.01. The molecule has 120 valence electrons. The molecule has 0 aliphatic rings. The van der Waals surface area contributed by atoms with E-state index < -0.39 is 9.84 Å². The second kappa shape index (κ2) is 6.34. The van der Waals surface area contributed by atoms with Crippen molar-refractivity contribution in [1.29, 1.82) is 0 Å². The Balaban J connectivity index is 2.54. The van der Waals surface area contributed by atoms with Crippen LogP contribution in [-0.2, 0) is 16.4 Å². The highest BCUT2D eigenvalue weighted by Gasteiger charge is 2.26. The number of hydrogen-bond donors (Lipinski definition) is 1. The summed E-state index contributed by atoms with van der Waals surface area (Å²) < 4.78 is 26.7. The molecule has 1 aromatic carbocycles. The molecule has 2 aromatic rings. The molecule has 0 aliphatic heterocycles. The number of nitrogens with two attached hydrogens (primary N) is 1. The average molecular weight is 341 g/mol. The predicted molar refractivity (Wildman–Crippen MR) is 91.2 cm³/mol. The van der Waals surface area contributed by atoms with Crippen LogP contribution in [0.25, 0.3) is 0 Å². The van der Waals surface area contributed by atoms with Crippen molar-refractivity contribution < 1.29 is 8.42 Å². The summed E-state index contributed by atoms with van der Waals surface area (Å²) in [6.45, 7) is 5.99. The Morgan fingerprint density at radius 2 is 1.86 bits per heavy atom. The topological polar surface area (TPSA) is 65.1 Å². The SMILES string of the molecule is CCCS(=O)(=O)c1c(C)c(C)n(Cc2ccccc2Cl)c1N. The zero-order valence-corrected chi connectivity index (χ0v) is 14.6. The van der Waals surface area contributed by atoms with Crippen LogP contribution in [0.4, 0.5) is 5.82 Å². The molecule has 0 bridgehead atoms. The van der Waals surface area contributed by atoms with E-state index in [1.54, 1.807) is 6.92 Å². The van der Waals surface area contributed by atoms with Gasteiger partial charge in [0.05, 0.1) is 12.3 Å². The molecule has 0 atom stereocenters. The number of aromatic nitrogens is 1. The first-order chi connectivity index (χ1) is 10.3. The molecule has 1 aromatic heterocycles. The van der Waals surface area contributed by atoms with Gasteiger partial charge in [-0.05, 0) is 37.5 Å². The predicted octanol–water partition coefficient (Wildman–Crippen LogP) is 3.57. The highest BCUT2D eigenvalue weighted by atomic mass is 35.5. The Labute approximate surface area is 136 Å². The molecular weight excluding hydrogens is 320 g/mol. The minimum absolute atomic E-state index is 0.105. The zero-order valence-electron chi connectivity index (χ0n) is 13.1. The van der Waals surface area contributed by atoms with E-state index in [0.717, 1.165) is 16.8 Å². The van der Waals surface area contributed by atoms with Crippen LogP contribution in [0.15, 0.2) is 29.2 Å². The van der Waals surface area contributed by atoms with Crippen LogP contribution in [0.3, 0.4) is 0 Å². The molecule has 2 rings (SSSR count). The first-order valence-electron chi connectivity index (χ1n) is 7.21. The summed E-state index contributed by atoms with van der Waals surface area (Å²) in [4.78, 5) is 0.263. The number of anilines is 1. The molecule has 0 spiro atoms. The van der Waals surface area contributed by atoms with Crippen molar-refractivity contribution >= 4 is 27.3 Å². The maximum atomic E-state index is 12.4. The monoisotopic (exact) mass is 340 g/mol. The fraction of sp³-hybridized carbons (Fsp3) is 0.375. The lowest BCUT2D eigenvalue weighted by atomic mass is 10.2. The van der Waals surface area contributed by atoms with Crippen LogP contribution in [0.2, 0.25) is 5.02 Å². The van der Waals surface area contributed by atoms with E-state index in [1.165, 1.54) is 0 Å². The van der Waals surface area contributed by atoms with Crippen molar-refractivity contribution in [3.63, 3.8) is 0 Å². The van der Waals surface area contributed by atoms with E-state index in [1.807, 2.05) is 42.7 Å². The number of nitrogen functional groups attached to an aromatic ring is 1. The van der Waals surface area contributed by atoms with Gasteiger partial charge in [-0.3, -0.25) is 0 Å². The van der Waals surface area contributed by atoms with Gasteiger partial charge in [-0.1, -0.05) is 36.7 Å². The van der Waals surface area contributed by atoms with Crippen molar-refractivity contribution in [2.75, 3.05) is 11.5 Å². The molecule has 0 saturated carbocycles. The standard InChI is InChI=1S/C16H21ClN2O2S/c1-4-9-22(20,21)15-11(2)12(3)19(16(15)18)10-13-7-5-6-8-14(13)17/h5-8H,4,9-10,18H2,1-3H3. The van der Waals surface area contributed by atoms with Crippen LogP contribution in [0.1, 0.15) is 30.2 Å². The fourth-order valence-electron chi connectivity index (χ4n) is 2.63. The summed E-state index contributed by atoms with van der Waals surface area (Å²) in [5, 5.41) is 0.644. The maximum absolute atomic E-state index is 12.4. The molecule has 6 heteroatoms. The molecule has 1 heterocycles. The lowest BCUT2D eigenvalue weighted by Gasteiger charge is -2.11. The molecule has 0 aliphatic carbocycles. The first-order valence-corrected chi connectivity index (χ1v) is 9.24. The van der Waals surface area contributed by atoms with Gasteiger partial charge in [0.2, 0.25) is 0 Å². The highest BCUT2D eigenvalue weighted by Crippen LogP contribution is 2.31. The Morgan fingerprint density at radius 3 is 2.45 bits per heavy atom. The number of nitrogens with zero attached hydrogens (tertiary/aromatic N) is 1. The van der Waals surface area contributed by atoms with E-state index in [2.05, 4.69) is 0 Å². The van der Waals surface area contributed by atoms with Gasteiger partial charge < -0.3 is 10.3 Å².